The van der Waals surface area contributed by atoms with E-state index >= 15 is 0 Å². The van der Waals surface area contributed by atoms with Crippen LogP contribution in [0.15, 0.2) is 36.8 Å². The van der Waals surface area contributed by atoms with Gasteiger partial charge in [0.05, 0.1) is 0 Å². The molecule has 2 aromatic rings. The first-order valence-corrected chi connectivity index (χ1v) is 8.20. The van der Waals surface area contributed by atoms with Gasteiger partial charge in [0, 0.05) is 37.6 Å². The SMILES string of the molecule is Cl.Cl.NCCCCCCC(=O)Nc1ccn(CCc2ccncc2)n1. The number of halogens is 2. The van der Waals surface area contributed by atoms with Crippen molar-refractivity contribution in [1.29, 1.82) is 0 Å². The number of hydrogen-bond donors (Lipinski definition) is 2. The van der Waals surface area contributed by atoms with Gasteiger partial charge in [0.2, 0.25) is 5.91 Å². The summed E-state index contributed by atoms with van der Waals surface area (Å²) < 4.78 is 1.84. The van der Waals surface area contributed by atoms with Crippen molar-refractivity contribution in [1.82, 2.24) is 14.8 Å². The van der Waals surface area contributed by atoms with E-state index < -0.39 is 0 Å². The van der Waals surface area contributed by atoms with Crippen LogP contribution in [0, 0.1) is 0 Å². The van der Waals surface area contributed by atoms with E-state index in [0.717, 1.165) is 45.2 Å². The Morgan fingerprint density at radius 2 is 1.80 bits per heavy atom. The van der Waals surface area contributed by atoms with Crippen LogP contribution in [0.25, 0.3) is 0 Å². The number of nitrogens with two attached hydrogens (primary N) is 1. The number of carbonyl (C=O) groups excluding carboxylic acids is 1. The molecule has 2 rings (SSSR count). The largest absolute Gasteiger partial charge is 0.330 e. The molecule has 0 aliphatic carbocycles. The Hall–Kier alpha value is -1.63. The molecular weight excluding hydrogens is 361 g/mol. The van der Waals surface area contributed by atoms with Crippen LogP contribution in [0.2, 0.25) is 0 Å². The third kappa shape index (κ3) is 9.43. The first-order valence-electron chi connectivity index (χ1n) is 8.20. The molecule has 3 N–H and O–H groups in total. The second-order valence-electron chi connectivity index (χ2n) is 5.57. The number of nitrogens with one attached hydrogen (secondary N) is 1. The molecule has 0 unspecified atom stereocenters. The van der Waals surface area contributed by atoms with Crippen LogP contribution in [0.1, 0.15) is 37.7 Å². The molecule has 0 aliphatic rings. The zero-order valence-electron chi connectivity index (χ0n) is 14.3. The summed E-state index contributed by atoms with van der Waals surface area (Å²) in [5.41, 5.74) is 6.66. The molecule has 0 fully saturated rings. The number of rotatable bonds is 10. The standard InChI is InChI=1S/C17H25N5O.2ClH/c18-10-4-2-1-3-5-17(23)20-16-9-14-22(21-16)13-8-15-6-11-19-12-7-15;;/h6-7,9,11-12,14H,1-5,8,10,13,18H2,(H,20,21,23);2*1H. The van der Waals surface area contributed by atoms with Crippen molar-refractivity contribution < 1.29 is 4.79 Å². The highest BCUT2D eigenvalue weighted by molar-refractivity contribution is 5.89. The lowest BCUT2D eigenvalue weighted by Crippen LogP contribution is -2.12. The van der Waals surface area contributed by atoms with Crippen molar-refractivity contribution in [3.63, 3.8) is 0 Å². The minimum absolute atomic E-state index is 0. The van der Waals surface area contributed by atoms with Crippen molar-refractivity contribution in [2.24, 2.45) is 5.73 Å². The van der Waals surface area contributed by atoms with Gasteiger partial charge >= 0.3 is 0 Å². The average molecular weight is 388 g/mol. The van der Waals surface area contributed by atoms with Gasteiger partial charge in [-0.25, -0.2) is 0 Å². The predicted molar refractivity (Wildman–Crippen MR) is 105 cm³/mol. The number of amides is 1. The van der Waals surface area contributed by atoms with Crippen molar-refractivity contribution in [2.45, 2.75) is 45.1 Å². The summed E-state index contributed by atoms with van der Waals surface area (Å²) in [6.07, 6.45) is 11.0. The van der Waals surface area contributed by atoms with E-state index in [2.05, 4.69) is 15.4 Å². The van der Waals surface area contributed by atoms with Gasteiger partial charge < -0.3 is 11.1 Å². The molecule has 140 valence electrons. The fourth-order valence-corrected chi connectivity index (χ4v) is 2.33. The number of pyridine rings is 1. The molecule has 0 bridgehead atoms. The van der Waals surface area contributed by atoms with E-state index in [4.69, 9.17) is 5.73 Å². The van der Waals surface area contributed by atoms with Gasteiger partial charge in [0.25, 0.3) is 0 Å². The third-order valence-corrected chi connectivity index (χ3v) is 3.65. The van der Waals surface area contributed by atoms with Crippen LogP contribution < -0.4 is 11.1 Å². The van der Waals surface area contributed by atoms with Gasteiger partial charge in [-0.1, -0.05) is 12.8 Å². The number of unbranched alkanes of at least 4 members (excludes halogenated alkanes) is 3. The number of anilines is 1. The van der Waals surface area contributed by atoms with Crippen LogP contribution in [0.4, 0.5) is 5.82 Å². The number of aromatic nitrogens is 3. The molecule has 0 spiro atoms. The van der Waals surface area contributed by atoms with Crippen LogP contribution in [-0.2, 0) is 17.8 Å². The Labute approximate surface area is 161 Å². The highest BCUT2D eigenvalue weighted by Crippen LogP contribution is 2.07. The maximum Gasteiger partial charge on any atom is 0.225 e. The van der Waals surface area contributed by atoms with Gasteiger partial charge in [-0.15, -0.1) is 24.8 Å². The van der Waals surface area contributed by atoms with Crippen molar-refractivity contribution in [3.8, 4) is 0 Å². The summed E-state index contributed by atoms with van der Waals surface area (Å²) in [6.45, 7) is 1.50. The number of nitrogens with zero attached hydrogens (tertiary/aromatic N) is 3. The van der Waals surface area contributed by atoms with Gasteiger partial charge in [-0.2, -0.15) is 5.10 Å². The zero-order chi connectivity index (χ0) is 16.3. The van der Waals surface area contributed by atoms with Crippen LogP contribution in [0.5, 0.6) is 0 Å². The number of carbonyl (C=O) groups is 1. The topological polar surface area (TPSA) is 85.8 Å². The van der Waals surface area contributed by atoms with Crippen LogP contribution in [0.3, 0.4) is 0 Å². The van der Waals surface area contributed by atoms with Crippen molar-refractivity contribution >= 4 is 36.5 Å². The van der Waals surface area contributed by atoms with Gasteiger partial charge in [0.15, 0.2) is 5.82 Å². The summed E-state index contributed by atoms with van der Waals surface area (Å²) in [4.78, 5) is 15.8. The molecule has 0 aromatic carbocycles. The van der Waals surface area contributed by atoms with E-state index in [0.29, 0.717) is 12.2 Å². The van der Waals surface area contributed by atoms with E-state index in [1.54, 1.807) is 12.4 Å². The molecule has 25 heavy (non-hydrogen) atoms. The Kier molecular flexibility index (Phi) is 12.7. The highest BCUT2D eigenvalue weighted by Gasteiger charge is 2.05. The Balaban J connectivity index is 0.00000288. The summed E-state index contributed by atoms with van der Waals surface area (Å²) in [6, 6.07) is 5.83. The lowest BCUT2D eigenvalue weighted by atomic mass is 10.1. The molecule has 1 amide bonds. The number of aryl methyl sites for hydroxylation is 2. The van der Waals surface area contributed by atoms with Gasteiger partial charge in [-0.05, 0) is 43.5 Å². The first-order chi connectivity index (χ1) is 11.3. The smallest absolute Gasteiger partial charge is 0.225 e. The van der Waals surface area contributed by atoms with E-state index in [-0.39, 0.29) is 30.7 Å². The van der Waals surface area contributed by atoms with E-state index in [1.165, 1.54) is 5.56 Å². The minimum Gasteiger partial charge on any atom is -0.330 e. The van der Waals surface area contributed by atoms with E-state index in [1.807, 2.05) is 29.1 Å². The molecule has 0 atom stereocenters. The second kappa shape index (κ2) is 13.6. The zero-order valence-corrected chi connectivity index (χ0v) is 15.9. The minimum atomic E-state index is 0. The van der Waals surface area contributed by atoms with Gasteiger partial charge in [0.1, 0.15) is 0 Å². The van der Waals surface area contributed by atoms with E-state index in [9.17, 15) is 4.79 Å². The van der Waals surface area contributed by atoms with Crippen LogP contribution in [-0.4, -0.2) is 27.2 Å². The predicted octanol–water partition coefficient (Wildman–Crippen LogP) is 3.21. The Morgan fingerprint density at radius 3 is 2.52 bits per heavy atom. The fourth-order valence-electron chi connectivity index (χ4n) is 2.33. The molecule has 2 heterocycles. The first kappa shape index (κ1) is 23.4. The molecule has 0 saturated carbocycles. The molecule has 6 nitrogen and oxygen atoms in total. The molecule has 0 saturated heterocycles. The van der Waals surface area contributed by atoms with Crippen LogP contribution >= 0.6 is 24.8 Å². The molecular formula is C17H27Cl2N5O. The summed E-state index contributed by atoms with van der Waals surface area (Å²) in [5.74, 6) is 0.642. The third-order valence-electron chi connectivity index (χ3n) is 3.65. The van der Waals surface area contributed by atoms with Crippen molar-refractivity contribution in [3.05, 3.63) is 42.4 Å². The lowest BCUT2D eigenvalue weighted by Gasteiger charge is -2.03. The monoisotopic (exact) mass is 387 g/mol. The maximum absolute atomic E-state index is 11.8. The molecule has 0 aliphatic heterocycles. The quantitative estimate of drug-likeness (QED) is 0.612. The molecule has 8 heteroatoms. The number of hydrogen-bond acceptors (Lipinski definition) is 4. The highest BCUT2D eigenvalue weighted by atomic mass is 35.5. The normalized spacial score (nSPS) is 9.80. The Bertz CT molecular complexity index is 592. The summed E-state index contributed by atoms with van der Waals surface area (Å²) >= 11 is 0. The fraction of sp³-hybridized carbons (Fsp3) is 0.471. The van der Waals surface area contributed by atoms with Crippen molar-refractivity contribution in [2.75, 3.05) is 11.9 Å². The average Bonchev–Trinajstić information content (AvgIpc) is 3.01. The molecule has 0 radical (unpaired) electrons. The Morgan fingerprint density at radius 1 is 1.08 bits per heavy atom. The second-order valence-corrected chi connectivity index (χ2v) is 5.57. The molecule has 2 aromatic heterocycles. The lowest BCUT2D eigenvalue weighted by molar-refractivity contribution is -0.116. The maximum atomic E-state index is 11.8. The summed E-state index contributed by atoms with van der Waals surface area (Å²) in [5, 5.41) is 7.22. The van der Waals surface area contributed by atoms with Gasteiger partial charge in [-0.3, -0.25) is 14.5 Å². The summed E-state index contributed by atoms with van der Waals surface area (Å²) in [7, 11) is 0.